The van der Waals surface area contributed by atoms with Gasteiger partial charge in [0.15, 0.2) is 0 Å². The summed E-state index contributed by atoms with van der Waals surface area (Å²) in [5.74, 6) is 0.0834. The van der Waals surface area contributed by atoms with E-state index in [-0.39, 0.29) is 10.6 Å². The van der Waals surface area contributed by atoms with Crippen LogP contribution in [0, 0.1) is 6.92 Å². The predicted octanol–water partition coefficient (Wildman–Crippen LogP) is 3.57. The van der Waals surface area contributed by atoms with Gasteiger partial charge in [0.2, 0.25) is 10.0 Å². The maximum absolute atomic E-state index is 13.1. The number of anilines is 3. The molecule has 0 spiro atoms. The Morgan fingerprint density at radius 2 is 1.70 bits per heavy atom. The zero-order valence-corrected chi connectivity index (χ0v) is 19.3. The van der Waals surface area contributed by atoms with E-state index < -0.39 is 20.0 Å². The van der Waals surface area contributed by atoms with Gasteiger partial charge < -0.3 is 4.90 Å². The molecule has 0 atom stereocenters. The van der Waals surface area contributed by atoms with Crippen LogP contribution in [0.4, 0.5) is 17.1 Å². The van der Waals surface area contributed by atoms with E-state index in [1.807, 2.05) is 12.1 Å². The molecule has 1 heterocycles. The summed E-state index contributed by atoms with van der Waals surface area (Å²) in [5.41, 5.74) is 2.43. The van der Waals surface area contributed by atoms with Crippen LogP contribution in [-0.4, -0.2) is 42.2 Å². The molecule has 2 aromatic carbocycles. The van der Waals surface area contributed by atoms with E-state index in [4.69, 9.17) is 0 Å². The van der Waals surface area contributed by atoms with E-state index in [1.165, 1.54) is 10.4 Å². The number of sulfonamides is 2. The molecule has 1 aliphatic heterocycles. The molecular formula is C21H29N3O4S2. The lowest BCUT2D eigenvalue weighted by molar-refractivity contribution is 0.574. The Bertz CT molecular complexity index is 1090. The average Bonchev–Trinajstić information content (AvgIpc) is 2.70. The van der Waals surface area contributed by atoms with Gasteiger partial charge in [-0.3, -0.25) is 9.03 Å². The summed E-state index contributed by atoms with van der Waals surface area (Å²) in [5, 5.41) is 0. The molecule has 0 bridgehead atoms. The minimum absolute atomic E-state index is 0.0774. The molecule has 0 amide bonds. The van der Waals surface area contributed by atoms with Crippen molar-refractivity contribution in [3.63, 3.8) is 0 Å². The first-order chi connectivity index (χ1) is 14.2. The molecule has 164 valence electrons. The van der Waals surface area contributed by atoms with Crippen LogP contribution in [0.3, 0.4) is 0 Å². The second kappa shape index (κ2) is 8.85. The zero-order valence-electron chi connectivity index (χ0n) is 17.6. The van der Waals surface area contributed by atoms with Crippen molar-refractivity contribution in [1.29, 1.82) is 0 Å². The van der Waals surface area contributed by atoms with Gasteiger partial charge in [0.1, 0.15) is 0 Å². The third kappa shape index (κ3) is 4.73. The van der Waals surface area contributed by atoms with Crippen molar-refractivity contribution in [1.82, 2.24) is 0 Å². The molecular weight excluding hydrogens is 422 g/mol. The summed E-state index contributed by atoms with van der Waals surface area (Å²) >= 11 is 0. The van der Waals surface area contributed by atoms with Crippen molar-refractivity contribution < 1.29 is 16.8 Å². The molecule has 1 saturated heterocycles. The molecule has 3 rings (SSSR count). The number of nitrogens with one attached hydrogen (secondary N) is 1. The molecule has 1 N–H and O–H groups in total. The van der Waals surface area contributed by atoms with Gasteiger partial charge in [-0.25, -0.2) is 16.8 Å². The third-order valence-electron chi connectivity index (χ3n) is 5.35. The van der Waals surface area contributed by atoms with Gasteiger partial charge in [-0.15, -0.1) is 0 Å². The Kier molecular flexibility index (Phi) is 6.62. The van der Waals surface area contributed by atoms with Gasteiger partial charge in [0, 0.05) is 31.0 Å². The number of nitrogens with zero attached hydrogens (tertiary/aromatic N) is 2. The van der Waals surface area contributed by atoms with Gasteiger partial charge in [-0.1, -0.05) is 6.07 Å². The highest BCUT2D eigenvalue weighted by molar-refractivity contribution is 7.93. The number of hydrogen-bond donors (Lipinski definition) is 1. The summed E-state index contributed by atoms with van der Waals surface area (Å²) in [6.45, 7) is 7.94. The summed E-state index contributed by atoms with van der Waals surface area (Å²) in [6.07, 6.45) is 1.38. The summed E-state index contributed by atoms with van der Waals surface area (Å²) in [6, 6.07) is 12.0. The van der Waals surface area contributed by atoms with Crippen molar-refractivity contribution in [2.24, 2.45) is 0 Å². The fourth-order valence-electron chi connectivity index (χ4n) is 3.65. The molecule has 2 aromatic rings. The van der Waals surface area contributed by atoms with Crippen LogP contribution in [0.15, 0.2) is 47.4 Å². The predicted molar refractivity (Wildman–Crippen MR) is 122 cm³/mol. The monoisotopic (exact) mass is 451 g/mol. The lowest BCUT2D eigenvalue weighted by atomic mass is 10.2. The van der Waals surface area contributed by atoms with E-state index in [0.29, 0.717) is 29.9 Å². The number of aryl methyl sites for hydroxylation is 1. The third-order valence-corrected chi connectivity index (χ3v) is 8.74. The Morgan fingerprint density at radius 3 is 2.30 bits per heavy atom. The van der Waals surface area contributed by atoms with Gasteiger partial charge in [0.05, 0.1) is 16.3 Å². The fraction of sp³-hybridized carbons (Fsp3) is 0.429. The van der Waals surface area contributed by atoms with Gasteiger partial charge >= 0.3 is 0 Å². The topological polar surface area (TPSA) is 86.8 Å². The lowest BCUT2D eigenvalue weighted by Gasteiger charge is -2.28. The Morgan fingerprint density at radius 1 is 1.03 bits per heavy atom. The molecule has 0 saturated carbocycles. The lowest BCUT2D eigenvalue weighted by Crippen LogP contribution is -2.38. The summed E-state index contributed by atoms with van der Waals surface area (Å²) in [7, 11) is -7.29. The highest BCUT2D eigenvalue weighted by atomic mass is 32.2. The Labute approximate surface area is 179 Å². The first kappa shape index (κ1) is 22.4. The maximum atomic E-state index is 13.1. The highest BCUT2D eigenvalue weighted by Crippen LogP contribution is 2.29. The largest absolute Gasteiger partial charge is 0.372 e. The molecule has 0 unspecified atom stereocenters. The first-order valence-electron chi connectivity index (χ1n) is 10.2. The Hall–Kier alpha value is -2.26. The zero-order chi connectivity index (χ0) is 21.9. The number of hydrogen-bond acceptors (Lipinski definition) is 5. The second-order valence-electron chi connectivity index (χ2n) is 7.37. The van der Waals surface area contributed by atoms with Crippen LogP contribution >= 0.6 is 0 Å². The molecule has 7 nitrogen and oxygen atoms in total. The first-order valence-corrected chi connectivity index (χ1v) is 13.3. The van der Waals surface area contributed by atoms with Crippen molar-refractivity contribution in [2.45, 2.75) is 38.5 Å². The minimum atomic E-state index is -3.87. The Balaban J connectivity index is 1.89. The average molecular weight is 452 g/mol. The minimum Gasteiger partial charge on any atom is -0.372 e. The number of benzene rings is 2. The number of rotatable bonds is 7. The quantitative estimate of drug-likeness (QED) is 0.695. The molecule has 1 fully saturated rings. The van der Waals surface area contributed by atoms with Crippen molar-refractivity contribution in [3.8, 4) is 0 Å². The van der Waals surface area contributed by atoms with E-state index >= 15 is 0 Å². The molecule has 30 heavy (non-hydrogen) atoms. The van der Waals surface area contributed by atoms with Crippen LogP contribution < -0.4 is 13.9 Å². The SMILES string of the molecule is CCN(CC)c1ccc(NS(=O)(=O)c2cc(N3CCCCS3(=O)=O)ccc2C)cc1. The molecule has 0 aliphatic carbocycles. The van der Waals surface area contributed by atoms with Crippen molar-refractivity contribution in [2.75, 3.05) is 39.3 Å². The molecule has 9 heteroatoms. The van der Waals surface area contributed by atoms with Gasteiger partial charge in [-0.2, -0.15) is 0 Å². The maximum Gasteiger partial charge on any atom is 0.262 e. The van der Waals surface area contributed by atoms with Gasteiger partial charge in [-0.05, 0) is 75.6 Å². The smallest absolute Gasteiger partial charge is 0.262 e. The summed E-state index contributed by atoms with van der Waals surface area (Å²) in [4.78, 5) is 2.25. The van der Waals surface area contributed by atoms with E-state index in [2.05, 4.69) is 23.5 Å². The van der Waals surface area contributed by atoms with Crippen LogP contribution in [-0.2, 0) is 20.0 Å². The van der Waals surface area contributed by atoms with Crippen LogP contribution in [0.5, 0.6) is 0 Å². The van der Waals surface area contributed by atoms with Crippen molar-refractivity contribution >= 4 is 37.1 Å². The standard InChI is InChI=1S/C21H29N3O4S2/c1-4-23(5-2)19-12-9-18(10-13-19)22-30(27,28)21-16-20(11-8-17(21)3)24-14-6-7-15-29(24,25)26/h8-13,16,22H,4-7,14-15H2,1-3H3. The van der Waals surface area contributed by atoms with E-state index in [9.17, 15) is 16.8 Å². The molecule has 0 radical (unpaired) electrons. The normalized spacial score (nSPS) is 16.3. The highest BCUT2D eigenvalue weighted by Gasteiger charge is 2.28. The molecule has 1 aliphatic rings. The van der Waals surface area contributed by atoms with Gasteiger partial charge in [0.25, 0.3) is 10.0 Å². The van der Waals surface area contributed by atoms with Crippen LogP contribution in [0.2, 0.25) is 0 Å². The second-order valence-corrected chi connectivity index (χ2v) is 11.0. The van der Waals surface area contributed by atoms with Crippen LogP contribution in [0.25, 0.3) is 0 Å². The van der Waals surface area contributed by atoms with Crippen molar-refractivity contribution in [3.05, 3.63) is 48.0 Å². The fourth-order valence-corrected chi connectivity index (χ4v) is 6.61. The molecule has 0 aromatic heterocycles. The van der Waals surface area contributed by atoms with E-state index in [1.54, 1.807) is 31.2 Å². The van der Waals surface area contributed by atoms with Crippen LogP contribution in [0.1, 0.15) is 32.3 Å². The summed E-state index contributed by atoms with van der Waals surface area (Å²) < 4.78 is 54.9. The van der Waals surface area contributed by atoms with E-state index in [0.717, 1.165) is 25.2 Å².